The van der Waals surface area contributed by atoms with E-state index in [1.54, 1.807) is 0 Å². The second-order valence-corrected chi connectivity index (χ2v) is 5.49. The van der Waals surface area contributed by atoms with Crippen molar-refractivity contribution in [2.45, 2.75) is 32.4 Å². The van der Waals surface area contributed by atoms with Crippen molar-refractivity contribution in [1.82, 2.24) is 10.3 Å². The van der Waals surface area contributed by atoms with Crippen LogP contribution in [0.1, 0.15) is 24.1 Å². The van der Waals surface area contributed by atoms with E-state index >= 15 is 0 Å². The molecule has 84 valence electrons. The molecule has 0 aliphatic heterocycles. The molecule has 0 saturated heterocycles. The summed E-state index contributed by atoms with van der Waals surface area (Å²) in [6.45, 7) is 3.15. The average molecular weight is 279 g/mol. The maximum Gasteiger partial charge on any atom is 0.0470 e. The smallest absolute Gasteiger partial charge is 0.0470 e. The van der Waals surface area contributed by atoms with Crippen LogP contribution < -0.4 is 5.32 Å². The molecular weight excluding hydrogens is 264 g/mol. The molecule has 16 heavy (non-hydrogen) atoms. The molecule has 1 aliphatic carbocycles. The summed E-state index contributed by atoms with van der Waals surface area (Å²) in [5, 5.41) is 4.88. The molecule has 0 radical (unpaired) electrons. The SMILES string of the molecule is Cc1c(CNC2CC2)[nH]c2cc(Br)ccc12. The molecule has 2 aromatic rings. The summed E-state index contributed by atoms with van der Waals surface area (Å²) < 4.78 is 1.13. The van der Waals surface area contributed by atoms with Crippen LogP contribution in [0.25, 0.3) is 10.9 Å². The zero-order valence-corrected chi connectivity index (χ0v) is 10.9. The molecule has 0 bridgehead atoms. The van der Waals surface area contributed by atoms with Crippen LogP contribution in [-0.4, -0.2) is 11.0 Å². The Morgan fingerprint density at radius 2 is 2.25 bits per heavy atom. The highest BCUT2D eigenvalue weighted by molar-refractivity contribution is 9.10. The van der Waals surface area contributed by atoms with E-state index in [9.17, 15) is 0 Å². The van der Waals surface area contributed by atoms with E-state index < -0.39 is 0 Å². The highest BCUT2D eigenvalue weighted by Gasteiger charge is 2.20. The quantitative estimate of drug-likeness (QED) is 0.884. The van der Waals surface area contributed by atoms with Gasteiger partial charge in [0.05, 0.1) is 0 Å². The van der Waals surface area contributed by atoms with Gasteiger partial charge in [-0.05, 0) is 37.5 Å². The number of rotatable bonds is 3. The Hall–Kier alpha value is -0.800. The number of fused-ring (bicyclic) bond motifs is 1. The van der Waals surface area contributed by atoms with Gasteiger partial charge in [-0.2, -0.15) is 0 Å². The monoisotopic (exact) mass is 278 g/mol. The number of halogens is 1. The number of benzene rings is 1. The lowest BCUT2D eigenvalue weighted by Gasteiger charge is -2.01. The number of aromatic nitrogens is 1. The summed E-state index contributed by atoms with van der Waals surface area (Å²) in [6.07, 6.45) is 2.68. The molecular formula is C13H15BrN2. The van der Waals surface area contributed by atoms with E-state index in [1.165, 1.54) is 35.0 Å². The number of hydrogen-bond acceptors (Lipinski definition) is 1. The van der Waals surface area contributed by atoms with E-state index in [0.29, 0.717) is 0 Å². The minimum atomic E-state index is 0.762. The second kappa shape index (κ2) is 3.90. The first kappa shape index (κ1) is 10.4. The largest absolute Gasteiger partial charge is 0.357 e. The van der Waals surface area contributed by atoms with Gasteiger partial charge >= 0.3 is 0 Å². The highest BCUT2D eigenvalue weighted by atomic mass is 79.9. The van der Waals surface area contributed by atoms with Crippen LogP contribution in [-0.2, 0) is 6.54 Å². The third kappa shape index (κ3) is 1.89. The summed E-state index contributed by atoms with van der Waals surface area (Å²) in [5.41, 5.74) is 3.91. The molecule has 3 rings (SSSR count). The third-order valence-electron chi connectivity index (χ3n) is 3.27. The first-order valence-corrected chi connectivity index (χ1v) is 6.53. The Bertz CT molecular complexity index is 526. The Morgan fingerprint density at radius 3 is 3.00 bits per heavy atom. The van der Waals surface area contributed by atoms with Gasteiger partial charge in [-0.25, -0.2) is 0 Å². The topological polar surface area (TPSA) is 27.8 Å². The maximum atomic E-state index is 3.55. The normalized spacial score (nSPS) is 15.9. The van der Waals surface area contributed by atoms with Crippen LogP contribution in [0.2, 0.25) is 0 Å². The predicted molar refractivity (Wildman–Crippen MR) is 70.6 cm³/mol. The maximum absolute atomic E-state index is 3.55. The standard InChI is InChI=1S/C13H15BrN2/c1-8-11-5-2-9(14)6-12(11)16-13(8)7-15-10-3-4-10/h2,5-6,10,15-16H,3-4,7H2,1H3. The summed E-state index contributed by atoms with van der Waals surface area (Å²) >= 11 is 3.50. The van der Waals surface area contributed by atoms with Gasteiger partial charge in [-0.15, -0.1) is 0 Å². The Labute approximate surface area is 104 Å². The van der Waals surface area contributed by atoms with Crippen molar-refractivity contribution < 1.29 is 0 Å². The van der Waals surface area contributed by atoms with Crippen molar-refractivity contribution in [1.29, 1.82) is 0 Å². The molecule has 1 aromatic heterocycles. The Morgan fingerprint density at radius 1 is 1.44 bits per heavy atom. The lowest BCUT2D eigenvalue weighted by Crippen LogP contribution is -2.16. The van der Waals surface area contributed by atoms with Crippen LogP contribution in [0.5, 0.6) is 0 Å². The lowest BCUT2D eigenvalue weighted by molar-refractivity contribution is 0.676. The molecule has 0 atom stereocenters. The van der Waals surface area contributed by atoms with Crippen LogP contribution in [0.15, 0.2) is 22.7 Å². The predicted octanol–water partition coefficient (Wildman–Crippen LogP) is 3.49. The molecule has 0 spiro atoms. The molecule has 1 saturated carbocycles. The van der Waals surface area contributed by atoms with Crippen LogP contribution >= 0.6 is 15.9 Å². The van der Waals surface area contributed by atoms with Crippen molar-refractivity contribution in [3.63, 3.8) is 0 Å². The average Bonchev–Trinajstić information content (AvgIpc) is 3.03. The van der Waals surface area contributed by atoms with Gasteiger partial charge in [0, 0.05) is 33.7 Å². The van der Waals surface area contributed by atoms with E-state index in [0.717, 1.165) is 17.1 Å². The van der Waals surface area contributed by atoms with Gasteiger partial charge in [0.25, 0.3) is 0 Å². The number of aromatic amines is 1. The summed E-state index contributed by atoms with van der Waals surface area (Å²) in [4.78, 5) is 3.50. The van der Waals surface area contributed by atoms with Crippen molar-refractivity contribution >= 4 is 26.8 Å². The molecule has 1 aliphatic rings. The number of aryl methyl sites for hydroxylation is 1. The molecule has 1 fully saturated rings. The van der Waals surface area contributed by atoms with Gasteiger partial charge in [0.2, 0.25) is 0 Å². The van der Waals surface area contributed by atoms with E-state index in [2.05, 4.69) is 51.4 Å². The van der Waals surface area contributed by atoms with Gasteiger partial charge in [0.1, 0.15) is 0 Å². The summed E-state index contributed by atoms with van der Waals surface area (Å²) in [6, 6.07) is 7.17. The second-order valence-electron chi connectivity index (χ2n) is 4.57. The Kier molecular flexibility index (Phi) is 2.52. The molecule has 2 N–H and O–H groups in total. The summed E-state index contributed by atoms with van der Waals surface area (Å²) in [7, 11) is 0. The molecule has 0 amide bonds. The summed E-state index contributed by atoms with van der Waals surface area (Å²) in [5.74, 6) is 0. The van der Waals surface area contributed by atoms with E-state index in [-0.39, 0.29) is 0 Å². The number of H-pyrrole nitrogens is 1. The minimum absolute atomic E-state index is 0.762. The molecule has 3 heteroatoms. The Balaban J connectivity index is 1.94. The third-order valence-corrected chi connectivity index (χ3v) is 3.76. The van der Waals surface area contributed by atoms with Crippen LogP contribution in [0.4, 0.5) is 0 Å². The van der Waals surface area contributed by atoms with Gasteiger partial charge in [-0.3, -0.25) is 0 Å². The highest BCUT2D eigenvalue weighted by Crippen LogP contribution is 2.26. The fraction of sp³-hybridized carbons (Fsp3) is 0.385. The number of nitrogens with one attached hydrogen (secondary N) is 2. The molecule has 1 heterocycles. The lowest BCUT2D eigenvalue weighted by atomic mass is 10.1. The molecule has 0 unspecified atom stereocenters. The van der Waals surface area contributed by atoms with Crippen molar-refractivity contribution in [3.8, 4) is 0 Å². The van der Waals surface area contributed by atoms with Crippen LogP contribution in [0, 0.1) is 6.92 Å². The van der Waals surface area contributed by atoms with Crippen LogP contribution in [0.3, 0.4) is 0 Å². The molecule has 1 aromatic carbocycles. The zero-order valence-electron chi connectivity index (χ0n) is 9.31. The van der Waals surface area contributed by atoms with Gasteiger partial charge in [-0.1, -0.05) is 22.0 Å². The fourth-order valence-electron chi connectivity index (χ4n) is 2.08. The first-order valence-electron chi connectivity index (χ1n) is 5.74. The van der Waals surface area contributed by atoms with Crippen molar-refractivity contribution in [3.05, 3.63) is 33.9 Å². The van der Waals surface area contributed by atoms with Gasteiger partial charge in [0.15, 0.2) is 0 Å². The molecule has 2 nitrogen and oxygen atoms in total. The first-order chi connectivity index (χ1) is 7.74. The fourth-order valence-corrected chi connectivity index (χ4v) is 2.44. The number of hydrogen-bond donors (Lipinski definition) is 2. The van der Waals surface area contributed by atoms with Crippen molar-refractivity contribution in [2.24, 2.45) is 0 Å². The van der Waals surface area contributed by atoms with E-state index in [1.807, 2.05) is 0 Å². The van der Waals surface area contributed by atoms with Gasteiger partial charge < -0.3 is 10.3 Å². The van der Waals surface area contributed by atoms with E-state index in [4.69, 9.17) is 0 Å². The minimum Gasteiger partial charge on any atom is -0.357 e. The van der Waals surface area contributed by atoms with Crippen molar-refractivity contribution in [2.75, 3.05) is 0 Å². The zero-order chi connectivity index (χ0) is 11.1.